The number of carboxylic acids is 1. The van der Waals surface area contributed by atoms with Crippen LogP contribution in [0.15, 0.2) is 231 Å². The average Bonchev–Trinajstić information content (AvgIpc) is 1.43. The van der Waals surface area contributed by atoms with Gasteiger partial charge in [0.2, 0.25) is 0 Å². The first-order valence-corrected chi connectivity index (χ1v) is 34.6. The van der Waals surface area contributed by atoms with Crippen LogP contribution < -0.4 is 67.2 Å². The van der Waals surface area contributed by atoms with Crippen molar-refractivity contribution in [3.63, 3.8) is 0 Å². The van der Waals surface area contributed by atoms with Crippen molar-refractivity contribution in [2.75, 3.05) is 67.0 Å². The van der Waals surface area contributed by atoms with Gasteiger partial charge in [-0.25, -0.2) is 9.59 Å². The minimum atomic E-state index is -1.07. The number of fused-ring (bicyclic) bond motifs is 6. The normalized spacial score (nSPS) is 11.9. The van der Waals surface area contributed by atoms with Crippen molar-refractivity contribution in [2.45, 2.75) is 57.7 Å². The Kier molecular flexibility index (Phi) is 29.8. The molecule has 0 heterocycles. The molecule has 0 radical (unpaired) electrons. The number of carbonyl (C=O) groups excluding carboxylic acids is 3. The molecule has 16 nitrogen and oxygen atoms in total. The predicted molar refractivity (Wildman–Crippen MR) is 390 cm³/mol. The molecule has 0 saturated carbocycles. The molecule has 528 valence electrons. The van der Waals surface area contributed by atoms with Crippen LogP contribution in [0.2, 0.25) is 0 Å². The molecule has 5 N–H and O–H groups in total. The number of rotatable bonds is 23. The van der Waals surface area contributed by atoms with E-state index in [1.165, 1.54) is 38.9 Å². The van der Waals surface area contributed by atoms with Crippen molar-refractivity contribution in [2.24, 2.45) is 5.73 Å². The number of halogens is 2. The number of carbonyl (C=O) groups is 4. The molecule has 2 amide bonds. The Balaban J connectivity index is 0.000000206. The first-order valence-electron chi connectivity index (χ1n) is 33.5. The van der Waals surface area contributed by atoms with Gasteiger partial charge in [-0.3, -0.25) is 14.0 Å². The monoisotopic (exact) mass is 1480 g/mol. The van der Waals surface area contributed by atoms with Gasteiger partial charge in [-0.1, -0.05) is 194 Å². The number of hydrogen-bond acceptors (Lipinski definition) is 13. The first kappa shape index (κ1) is 74.5. The zero-order valence-electron chi connectivity index (χ0n) is 60.0. The van der Waals surface area contributed by atoms with Gasteiger partial charge < -0.3 is 59.4 Å². The van der Waals surface area contributed by atoms with Gasteiger partial charge in [0.05, 0.1) is 43.0 Å². The molecule has 0 aromatic heterocycles. The number of nitrogens with two attached hydrogens (primary N) is 1. The molecule has 2 unspecified atom stereocenters. The van der Waals surface area contributed by atoms with E-state index >= 15 is 0 Å². The molecule has 2 aliphatic carbocycles. The van der Waals surface area contributed by atoms with Crippen molar-refractivity contribution in [1.29, 1.82) is 0.594 Å². The number of alkyl carbamates (subject to hydrolysis) is 1. The van der Waals surface area contributed by atoms with Gasteiger partial charge >= 0.3 is 40.0 Å². The molecular formula is C83H88FIN3O13-. The number of ether oxygens (including phenoxy) is 8. The molecule has 0 spiro atoms. The summed E-state index contributed by atoms with van der Waals surface area (Å²) in [5, 5.41) is 14.8. The molecular weight excluding hydrogens is 1390 g/mol. The van der Waals surface area contributed by atoms with Gasteiger partial charge in [0.1, 0.15) is 47.7 Å². The van der Waals surface area contributed by atoms with E-state index in [-0.39, 0.29) is 59.3 Å². The molecule has 0 saturated heterocycles. The van der Waals surface area contributed by atoms with Gasteiger partial charge in [-0.15, -0.1) is 0 Å². The van der Waals surface area contributed by atoms with Crippen molar-refractivity contribution < 1.29 is 90.3 Å². The van der Waals surface area contributed by atoms with E-state index in [0.717, 1.165) is 56.0 Å². The number of hydrogen-bond donors (Lipinski definition) is 4. The summed E-state index contributed by atoms with van der Waals surface area (Å²) in [4.78, 5) is 48.5. The third kappa shape index (κ3) is 21.7. The third-order valence-electron chi connectivity index (χ3n) is 16.9. The number of aryl methyl sites for hydroxylation is 2. The summed E-state index contributed by atoms with van der Waals surface area (Å²) in [5.41, 5.74) is 23.3. The fourth-order valence-corrected chi connectivity index (χ4v) is 11.7. The number of amides is 2. The number of carboxylic acid groups (broad SMARTS) is 1. The summed E-state index contributed by atoms with van der Waals surface area (Å²) in [6, 6.07) is 74.4. The molecule has 0 bridgehead atoms. The van der Waals surface area contributed by atoms with Crippen LogP contribution >= 0.6 is 0 Å². The van der Waals surface area contributed by atoms with Gasteiger partial charge in [-0.05, 0) is 123 Å². The zero-order chi connectivity index (χ0) is 74.0. The van der Waals surface area contributed by atoms with Crippen LogP contribution in [-0.2, 0) is 36.9 Å². The number of benzene rings is 10. The van der Waals surface area contributed by atoms with Crippen molar-refractivity contribution in [1.82, 2.24) is 10.6 Å². The van der Waals surface area contributed by atoms with Crippen LogP contribution in [0.1, 0.15) is 98.9 Å². The molecule has 0 fully saturated rings. The van der Waals surface area contributed by atoms with E-state index in [4.69, 9.17) is 50.7 Å². The second kappa shape index (κ2) is 40.4. The van der Waals surface area contributed by atoms with Crippen LogP contribution in [0.3, 0.4) is 0 Å². The maximum atomic E-state index is 13.3. The number of methoxy groups -OCH3 is 4. The van der Waals surface area contributed by atoms with E-state index in [2.05, 4.69) is 97.3 Å². The number of nitrogens with one attached hydrogen (secondary N) is 2. The Labute approximate surface area is 606 Å². The molecule has 2 aliphatic rings. The predicted octanol–water partition coefficient (Wildman–Crippen LogP) is 12.6. The summed E-state index contributed by atoms with van der Waals surface area (Å²) in [6.07, 6.45) is -0.587. The molecule has 10 aromatic carbocycles. The quantitative estimate of drug-likeness (QED) is 0.0203. The van der Waals surface area contributed by atoms with Gasteiger partial charge in [-0.2, -0.15) is 0 Å². The summed E-state index contributed by atoms with van der Waals surface area (Å²) in [7, 11) is 5.41. The van der Waals surface area contributed by atoms with Crippen molar-refractivity contribution in [3.8, 4) is 56.8 Å². The minimum absolute atomic E-state index is 0.0208. The second-order valence-electron chi connectivity index (χ2n) is 23.1. The number of alkyl halides is 2. The third-order valence-corrected chi connectivity index (χ3v) is 16.9. The number of aliphatic carboxylic acids is 1. The first-order chi connectivity index (χ1) is 50.0. The van der Waals surface area contributed by atoms with E-state index in [0.29, 0.717) is 54.7 Å². The summed E-state index contributed by atoms with van der Waals surface area (Å²) in [5.74, 6) is 2.75. The van der Waals surface area contributed by atoms with E-state index < -0.39 is 31.9 Å². The molecule has 10 aromatic rings. The molecule has 18 heteroatoms. The molecule has 101 heavy (non-hydrogen) atoms. The maximum absolute atomic E-state index is 13.3. The van der Waals surface area contributed by atoms with Crippen molar-refractivity contribution in [3.05, 3.63) is 297 Å². The topological polar surface area (TPSA) is 212 Å². The molecule has 12 rings (SSSR count). The second-order valence-corrected chi connectivity index (χ2v) is 23.1. The summed E-state index contributed by atoms with van der Waals surface area (Å²) >= 11 is -0.160. The Morgan fingerprint density at radius 1 is 0.564 bits per heavy atom. The van der Waals surface area contributed by atoms with E-state index in [9.17, 15) is 23.6 Å². The van der Waals surface area contributed by atoms with Gasteiger partial charge in [0.15, 0.2) is 13.2 Å². The van der Waals surface area contributed by atoms with Crippen LogP contribution in [0, 0.1) is 13.8 Å². The Morgan fingerprint density at radius 2 is 0.970 bits per heavy atom. The van der Waals surface area contributed by atoms with Crippen molar-refractivity contribution >= 4 is 24.4 Å². The van der Waals surface area contributed by atoms with E-state index in [1.54, 1.807) is 64.8 Å². The average molecular weight is 1480 g/mol. The molecule has 0 aliphatic heterocycles. The fourth-order valence-electron chi connectivity index (χ4n) is 11.7. The van der Waals surface area contributed by atoms with E-state index in [1.807, 2.05) is 133 Å². The fraction of sp³-hybridized carbons (Fsp3) is 0.229. The summed E-state index contributed by atoms with van der Waals surface area (Å²) < 4.78 is 65.2. The standard InChI is InChI=1S/C32H29NO7.C26H29NO4.C15H12O2.C8H11N.CH3F.CH4I/c1-37-22-15-16-27(29(17-22)38-2)31(20-11-13-21(14-12-20)39-19-30(34)35)33-32(36)40-18-28-25-9-5-3-7-23(25)24-8-4-6-10-26(24)28;1-18-5-7-20(8-6-18)16-27-26(28)17-31-22-11-9-21(10-12-22)19(2)24-14-13-23(29-3)15-25(24)30-4;16-10-17-9-15-13-7-3-1-5-11(13)12-6-2-4-8-14(12)15;1-7-2-4-8(6-9)5-3-7;2*1-2/h3-17,28,31H,18-19H2,1-2H3,(H,33,36)(H,34,35);5-15,19H,16-17H2,1-4H3,(H,27,28);1-8,10,15H,9H2;2-5H,6,9H2,1H3;1H3;2H,1H3/q;;;;;-1/i33+1;;;;1D;2D. The Morgan fingerprint density at radius 3 is 1.41 bits per heavy atom. The van der Waals surface area contributed by atoms with Gasteiger partial charge in [0, 0.05) is 54.1 Å². The van der Waals surface area contributed by atoms with Crippen LogP contribution in [0.5, 0.6) is 34.5 Å². The van der Waals surface area contributed by atoms with Crippen LogP contribution in [0.25, 0.3) is 22.3 Å². The SMILES string of the molecule is COc1ccc(C(C)c2ccc(OCC(=O)NCc3ccc(C)cc3)cc2)c(OC)c1.COc1ccc(C([15NH]C(=O)OCC2c3ccccc3-c3ccccc32)c2ccc(OCC(=O)O)cc2)c(OC)c1.Cc1ccc(CN)cc1.O=COCC1c2ccccc2-c2ccccc21.[2H]CF.[2H][I-]C. The molecule has 2 atom stereocenters. The Hall–Kier alpha value is -10.7. The van der Waals surface area contributed by atoms with Crippen LogP contribution in [0.4, 0.5) is 9.18 Å². The van der Waals surface area contributed by atoms with Crippen LogP contribution in [-0.4, -0.2) is 97.1 Å². The summed E-state index contributed by atoms with van der Waals surface area (Å²) in [6.45, 7) is 7.99. The zero-order valence-corrected chi connectivity index (χ0v) is 60.1. The van der Waals surface area contributed by atoms with Gasteiger partial charge in [0.25, 0.3) is 12.4 Å². The Bertz CT molecular complexity index is 4210.